The summed E-state index contributed by atoms with van der Waals surface area (Å²) in [5, 5.41) is 9.57. The highest BCUT2D eigenvalue weighted by molar-refractivity contribution is 7.79. The SMILES string of the molecule is [C-]#[N+]c1ccc(OP2(Oc3ccc(C)cc3)=NP(Oc3ccc(C)cc3)(Oc3ccc(C#N)cc3)=NP(Oc3ccc(C)cc3)(Oc3ccc([N+]#[C-])cc3)=N2)cc1. The lowest BCUT2D eigenvalue weighted by molar-refractivity contribution is 0.443. The zero-order chi connectivity index (χ0) is 39.9. The largest absolute Gasteiger partial charge is 0.460 e. The molecule has 0 radical (unpaired) electrons. The van der Waals surface area contributed by atoms with Gasteiger partial charge in [0.15, 0.2) is 11.4 Å². The van der Waals surface area contributed by atoms with Crippen LogP contribution in [0, 0.1) is 45.2 Å². The summed E-state index contributed by atoms with van der Waals surface area (Å²) in [6, 6.07) is 43.4. The second-order valence-corrected chi connectivity index (χ2v) is 18.8. The first-order valence-electron chi connectivity index (χ1n) is 17.3. The van der Waals surface area contributed by atoms with Gasteiger partial charge in [-0.1, -0.05) is 90.9 Å². The molecule has 6 aromatic rings. The standard InChI is InChI=1S/C42H33N6O6P3/c1-31-6-18-37(19-7-31)49-55(52-40-24-12-34(30-43)13-25-40)46-56(50-38-20-8-32(2)9-21-38,53-41-26-14-35(44-4)15-27-41)48-57(47-55,51-39-22-10-33(3)11-23-39)54-42-28-16-36(45-5)17-29-42/h6-29H,1-3H3. The third-order valence-corrected chi connectivity index (χ3v) is 16.1. The van der Waals surface area contributed by atoms with E-state index in [0.29, 0.717) is 34.2 Å². The number of nitriles is 1. The van der Waals surface area contributed by atoms with Crippen molar-refractivity contribution in [2.24, 2.45) is 13.5 Å². The molecule has 15 heteroatoms. The van der Waals surface area contributed by atoms with Gasteiger partial charge in [-0.05, 0) is 106 Å². The van der Waals surface area contributed by atoms with Gasteiger partial charge in [-0.3, -0.25) is 0 Å². The van der Waals surface area contributed by atoms with E-state index in [4.69, 9.17) is 53.8 Å². The molecule has 0 fully saturated rings. The second-order valence-electron chi connectivity index (χ2n) is 12.6. The van der Waals surface area contributed by atoms with E-state index in [9.17, 15) is 5.26 Å². The van der Waals surface area contributed by atoms with E-state index in [1.165, 1.54) is 0 Å². The van der Waals surface area contributed by atoms with Crippen LogP contribution in [0.3, 0.4) is 0 Å². The summed E-state index contributed by atoms with van der Waals surface area (Å²) >= 11 is 0. The molecule has 7 rings (SSSR count). The van der Waals surface area contributed by atoms with Crippen LogP contribution in [0.1, 0.15) is 22.3 Å². The number of hydrogen-bond donors (Lipinski definition) is 0. The Morgan fingerprint density at radius 3 is 0.860 bits per heavy atom. The highest BCUT2D eigenvalue weighted by Gasteiger charge is 2.49. The first kappa shape index (κ1) is 38.6. The van der Waals surface area contributed by atoms with Gasteiger partial charge in [0, 0.05) is 0 Å². The van der Waals surface area contributed by atoms with Gasteiger partial charge in [0.1, 0.15) is 34.5 Å². The normalized spacial score (nSPS) is 19.4. The predicted octanol–water partition coefficient (Wildman–Crippen LogP) is 14.2. The minimum atomic E-state index is -4.14. The van der Waals surface area contributed by atoms with Gasteiger partial charge in [-0.25, -0.2) is 9.69 Å². The van der Waals surface area contributed by atoms with Gasteiger partial charge in [-0.15, -0.1) is 0 Å². The van der Waals surface area contributed by atoms with Crippen molar-refractivity contribution in [3.63, 3.8) is 0 Å². The van der Waals surface area contributed by atoms with E-state index in [-0.39, 0.29) is 17.2 Å². The van der Waals surface area contributed by atoms with Crippen LogP contribution < -0.4 is 27.1 Å². The van der Waals surface area contributed by atoms with Crippen LogP contribution in [0.5, 0.6) is 34.5 Å². The quantitative estimate of drug-likeness (QED) is 0.0890. The first-order valence-corrected chi connectivity index (χ1v) is 21.9. The van der Waals surface area contributed by atoms with E-state index in [1.807, 2.05) is 57.2 Å². The third-order valence-electron chi connectivity index (χ3n) is 8.00. The third kappa shape index (κ3) is 9.57. The summed E-state index contributed by atoms with van der Waals surface area (Å²) in [6.45, 7) is 20.9. The first-order chi connectivity index (χ1) is 27.6. The molecule has 1 aliphatic rings. The smallest absolute Gasteiger partial charge is 0.413 e. The van der Waals surface area contributed by atoms with Crippen LogP contribution in [0.25, 0.3) is 9.69 Å². The lowest BCUT2D eigenvalue weighted by Gasteiger charge is -2.33. The van der Waals surface area contributed by atoms with Crippen LogP contribution in [0.15, 0.2) is 159 Å². The lowest BCUT2D eigenvalue weighted by Crippen LogP contribution is -2.11. The minimum Gasteiger partial charge on any atom is -0.413 e. The van der Waals surface area contributed by atoms with Crippen molar-refractivity contribution in [1.29, 1.82) is 5.26 Å². The maximum Gasteiger partial charge on any atom is 0.460 e. The summed E-state index contributed by atoms with van der Waals surface area (Å²) < 4.78 is 56.4. The van der Waals surface area contributed by atoms with Gasteiger partial charge in [0.25, 0.3) is 0 Å². The molecule has 0 N–H and O–H groups in total. The lowest BCUT2D eigenvalue weighted by atomic mass is 10.2. The number of benzene rings is 6. The number of hydrogen-bond acceptors (Lipinski definition) is 10. The van der Waals surface area contributed by atoms with Gasteiger partial charge in [0.2, 0.25) is 0 Å². The van der Waals surface area contributed by atoms with Crippen molar-refractivity contribution in [2.75, 3.05) is 0 Å². The Kier molecular flexibility index (Phi) is 11.2. The van der Waals surface area contributed by atoms with E-state index in [2.05, 4.69) is 15.8 Å². The second kappa shape index (κ2) is 16.6. The van der Waals surface area contributed by atoms with Gasteiger partial charge in [-0.2, -0.15) is 5.26 Å². The maximum atomic E-state index is 9.57. The zero-order valence-corrected chi connectivity index (χ0v) is 33.5. The summed E-state index contributed by atoms with van der Waals surface area (Å²) in [6.07, 6.45) is 0. The fourth-order valence-corrected chi connectivity index (χ4v) is 14.2. The molecule has 1 heterocycles. The molecule has 0 amide bonds. The Morgan fingerprint density at radius 1 is 0.404 bits per heavy atom. The number of rotatable bonds is 12. The molecule has 0 aromatic heterocycles. The molecule has 0 saturated carbocycles. The molecular formula is C42H33N6O6P3. The van der Waals surface area contributed by atoms with E-state index in [1.54, 1.807) is 109 Å². The Hall–Kier alpha value is -6.72. The van der Waals surface area contributed by atoms with Gasteiger partial charge >= 0.3 is 23.0 Å². The molecule has 0 spiro atoms. The molecule has 282 valence electrons. The van der Waals surface area contributed by atoms with Crippen LogP contribution in [0.4, 0.5) is 11.4 Å². The van der Waals surface area contributed by atoms with E-state index in [0.717, 1.165) is 16.7 Å². The number of aryl methyl sites for hydroxylation is 3. The summed E-state index contributed by atoms with van der Waals surface area (Å²) in [5.74, 6) is 1.92. The highest BCUT2D eigenvalue weighted by Crippen LogP contribution is 2.78. The average molecular weight is 811 g/mol. The van der Waals surface area contributed by atoms with Gasteiger partial charge < -0.3 is 27.1 Å². The van der Waals surface area contributed by atoms with Crippen LogP contribution in [-0.2, 0) is 0 Å². The molecule has 12 nitrogen and oxygen atoms in total. The van der Waals surface area contributed by atoms with Crippen molar-refractivity contribution in [1.82, 2.24) is 0 Å². The Bertz CT molecular complexity index is 2380. The van der Waals surface area contributed by atoms with Crippen molar-refractivity contribution in [3.05, 3.63) is 191 Å². The summed E-state index contributed by atoms with van der Waals surface area (Å²) in [4.78, 5) is 7.05. The van der Waals surface area contributed by atoms with Crippen molar-refractivity contribution >= 4 is 34.4 Å². The Labute approximate surface area is 331 Å². The molecule has 0 aliphatic carbocycles. The molecule has 3 unspecified atom stereocenters. The minimum absolute atomic E-state index is 0.272. The molecule has 0 bridgehead atoms. The monoisotopic (exact) mass is 810 g/mol. The fourth-order valence-electron chi connectivity index (χ4n) is 5.13. The highest BCUT2D eigenvalue weighted by atomic mass is 31.3. The van der Waals surface area contributed by atoms with Crippen LogP contribution >= 0.6 is 23.0 Å². The topological polar surface area (TPSA) is 125 Å². The Morgan fingerprint density at radius 2 is 0.632 bits per heavy atom. The zero-order valence-electron chi connectivity index (χ0n) is 30.8. The average Bonchev–Trinajstić information content (AvgIpc) is 3.21. The predicted molar refractivity (Wildman–Crippen MR) is 222 cm³/mol. The Balaban J connectivity index is 1.57. The molecular weight excluding hydrogens is 777 g/mol. The van der Waals surface area contributed by atoms with Crippen LogP contribution in [0.2, 0.25) is 0 Å². The van der Waals surface area contributed by atoms with E-state index >= 15 is 0 Å². The van der Waals surface area contributed by atoms with Crippen molar-refractivity contribution in [2.45, 2.75) is 20.8 Å². The molecule has 0 saturated heterocycles. The molecule has 6 aromatic carbocycles. The fraction of sp³-hybridized carbons (Fsp3) is 0.0714. The van der Waals surface area contributed by atoms with Gasteiger partial charge in [0.05, 0.1) is 24.8 Å². The van der Waals surface area contributed by atoms with Crippen molar-refractivity contribution < 1.29 is 27.1 Å². The molecule has 57 heavy (non-hydrogen) atoms. The summed E-state index contributed by atoms with van der Waals surface area (Å²) in [5.41, 5.74) is 4.16. The molecule has 3 atom stereocenters. The summed E-state index contributed by atoms with van der Waals surface area (Å²) in [7, 11) is -12.4. The van der Waals surface area contributed by atoms with Crippen molar-refractivity contribution in [3.8, 4) is 40.6 Å². The van der Waals surface area contributed by atoms with E-state index < -0.39 is 23.0 Å². The number of nitrogens with zero attached hydrogens (tertiary/aromatic N) is 6. The molecule has 1 aliphatic heterocycles. The maximum absolute atomic E-state index is 9.57. The van der Waals surface area contributed by atoms with Crippen LogP contribution in [-0.4, -0.2) is 0 Å².